The van der Waals surface area contributed by atoms with E-state index in [1.165, 1.54) is 13.1 Å². The van der Waals surface area contributed by atoms with Crippen molar-refractivity contribution in [3.8, 4) is 0 Å². The van der Waals surface area contributed by atoms with Gasteiger partial charge in [0, 0.05) is 7.05 Å². The Morgan fingerprint density at radius 3 is 2.60 bits per heavy atom. The first kappa shape index (κ1) is 15.0. The third-order valence-electron chi connectivity index (χ3n) is 2.68. The summed E-state index contributed by atoms with van der Waals surface area (Å²) in [4.78, 5) is -0.0653. The van der Waals surface area contributed by atoms with E-state index in [9.17, 15) is 12.8 Å². The Kier molecular flexibility index (Phi) is 4.17. The van der Waals surface area contributed by atoms with Crippen LogP contribution in [-0.4, -0.2) is 19.8 Å². The second-order valence-corrected chi connectivity index (χ2v) is 6.98. The summed E-state index contributed by atoms with van der Waals surface area (Å²) in [6, 6.07) is 6.63. The van der Waals surface area contributed by atoms with Gasteiger partial charge >= 0.3 is 0 Å². The number of benzene rings is 1. The molecular weight excluding hydrogens is 351 g/mol. The average molecular weight is 363 g/mol. The Morgan fingerprint density at radius 1 is 1.35 bits per heavy atom. The molecule has 20 heavy (non-hydrogen) atoms. The second-order valence-electron chi connectivity index (χ2n) is 4.15. The molecule has 1 aromatic heterocycles. The molecule has 0 aliphatic carbocycles. The smallest absolute Gasteiger partial charge is 0.243 e. The summed E-state index contributed by atoms with van der Waals surface area (Å²) in [5, 5.41) is 0. The molecule has 2 N–H and O–H groups in total. The topological polar surface area (TPSA) is 76.5 Å². The van der Waals surface area contributed by atoms with Crippen LogP contribution < -0.4 is 5.73 Å². The first-order valence-electron chi connectivity index (χ1n) is 5.56. The molecule has 1 aromatic carbocycles. The van der Waals surface area contributed by atoms with Gasteiger partial charge in [0.25, 0.3) is 0 Å². The summed E-state index contributed by atoms with van der Waals surface area (Å²) < 4.78 is 44.6. The van der Waals surface area contributed by atoms with E-state index in [0.29, 0.717) is 10.4 Å². The highest BCUT2D eigenvalue weighted by Gasteiger charge is 2.22. The molecule has 0 atom stereocenters. The summed E-state index contributed by atoms with van der Waals surface area (Å²) in [6.45, 7) is 0.0607. The minimum Gasteiger partial charge on any atom is -0.453 e. The van der Waals surface area contributed by atoms with Crippen LogP contribution in [0.5, 0.6) is 0 Å². The van der Waals surface area contributed by atoms with Crippen molar-refractivity contribution in [2.75, 3.05) is 12.8 Å². The van der Waals surface area contributed by atoms with Gasteiger partial charge in [0.2, 0.25) is 10.0 Å². The molecule has 0 bridgehead atoms. The molecule has 0 saturated carbocycles. The molecule has 2 aromatic rings. The summed E-state index contributed by atoms with van der Waals surface area (Å²) in [5.41, 5.74) is 5.18. The van der Waals surface area contributed by atoms with E-state index in [0.717, 1.165) is 16.4 Å². The third kappa shape index (κ3) is 3.02. The maximum Gasteiger partial charge on any atom is 0.243 e. The van der Waals surface area contributed by atoms with E-state index in [4.69, 9.17) is 10.2 Å². The lowest BCUT2D eigenvalue weighted by Gasteiger charge is -2.16. The molecule has 0 saturated heterocycles. The predicted octanol–water partition coefficient (Wildman–Crippen LogP) is 2.58. The number of nitrogens with two attached hydrogens (primary N) is 1. The summed E-state index contributed by atoms with van der Waals surface area (Å²) in [5.74, 6) is -0.167. The molecular formula is C12H12BrFN2O3S. The van der Waals surface area contributed by atoms with Crippen molar-refractivity contribution in [1.29, 1.82) is 0 Å². The Hall–Kier alpha value is -1.38. The lowest BCUT2D eigenvalue weighted by Crippen LogP contribution is -2.26. The standard InChI is InChI=1S/C12H12BrFN2O3S/c1-16(7-8-2-5-12(13)19-8)20(17,18)9-3-4-10(14)11(15)6-9/h2-6H,7,15H2,1H3. The number of rotatable bonds is 4. The number of anilines is 1. The Morgan fingerprint density at radius 2 is 2.05 bits per heavy atom. The second kappa shape index (κ2) is 5.55. The average Bonchev–Trinajstić information content (AvgIpc) is 2.78. The van der Waals surface area contributed by atoms with Crippen LogP contribution in [-0.2, 0) is 16.6 Å². The number of hydrogen-bond acceptors (Lipinski definition) is 4. The highest BCUT2D eigenvalue weighted by Crippen LogP contribution is 2.22. The molecule has 108 valence electrons. The van der Waals surface area contributed by atoms with Crippen molar-refractivity contribution in [3.05, 3.63) is 46.6 Å². The number of hydrogen-bond donors (Lipinski definition) is 1. The molecule has 2 rings (SSSR count). The molecule has 0 fully saturated rings. The lowest BCUT2D eigenvalue weighted by atomic mass is 10.3. The molecule has 0 aliphatic heterocycles. The third-order valence-corrected chi connectivity index (χ3v) is 4.91. The number of halogens is 2. The lowest BCUT2D eigenvalue weighted by molar-refractivity contribution is 0.398. The van der Waals surface area contributed by atoms with E-state index >= 15 is 0 Å². The molecule has 0 spiro atoms. The molecule has 5 nitrogen and oxygen atoms in total. The zero-order valence-corrected chi connectivity index (χ0v) is 12.9. The summed E-state index contributed by atoms with van der Waals surface area (Å²) >= 11 is 3.14. The molecule has 8 heteroatoms. The normalized spacial score (nSPS) is 12.0. The Bertz CT molecular complexity index is 730. The van der Waals surface area contributed by atoms with Crippen molar-refractivity contribution in [1.82, 2.24) is 4.31 Å². The molecule has 1 heterocycles. The fourth-order valence-electron chi connectivity index (χ4n) is 1.60. The van der Waals surface area contributed by atoms with Crippen LogP contribution in [0.25, 0.3) is 0 Å². The number of nitrogens with zero attached hydrogens (tertiary/aromatic N) is 1. The van der Waals surface area contributed by atoms with Gasteiger partial charge in [0.1, 0.15) is 11.6 Å². The van der Waals surface area contributed by atoms with Gasteiger partial charge in [-0.05, 0) is 46.3 Å². The van der Waals surface area contributed by atoms with Crippen molar-refractivity contribution in [2.45, 2.75) is 11.4 Å². The minimum atomic E-state index is -3.76. The minimum absolute atomic E-state index is 0.0607. The number of sulfonamides is 1. The van der Waals surface area contributed by atoms with Crippen molar-refractivity contribution in [3.63, 3.8) is 0 Å². The van der Waals surface area contributed by atoms with Crippen molar-refractivity contribution in [2.24, 2.45) is 0 Å². The van der Waals surface area contributed by atoms with Crippen LogP contribution in [0.3, 0.4) is 0 Å². The van der Waals surface area contributed by atoms with Crippen molar-refractivity contribution < 1.29 is 17.2 Å². The maximum atomic E-state index is 13.1. The van der Waals surface area contributed by atoms with E-state index in [2.05, 4.69) is 15.9 Å². The van der Waals surface area contributed by atoms with Gasteiger partial charge in [0.05, 0.1) is 17.1 Å². The summed E-state index contributed by atoms with van der Waals surface area (Å²) in [6.07, 6.45) is 0. The highest BCUT2D eigenvalue weighted by atomic mass is 79.9. The maximum absolute atomic E-state index is 13.1. The van der Waals surface area contributed by atoms with Gasteiger partial charge in [-0.2, -0.15) is 4.31 Å². The monoisotopic (exact) mass is 362 g/mol. The van der Waals surface area contributed by atoms with Gasteiger partial charge in [-0.3, -0.25) is 0 Å². The van der Waals surface area contributed by atoms with E-state index in [1.54, 1.807) is 12.1 Å². The van der Waals surface area contributed by atoms with Gasteiger partial charge in [-0.25, -0.2) is 12.8 Å². The SMILES string of the molecule is CN(Cc1ccc(Br)o1)S(=O)(=O)c1ccc(F)c(N)c1. The predicted molar refractivity (Wildman–Crippen MR) is 75.9 cm³/mol. The first-order chi connectivity index (χ1) is 9.30. The molecule has 0 unspecified atom stereocenters. The van der Waals surface area contributed by atoms with Crippen molar-refractivity contribution >= 4 is 31.6 Å². The van der Waals surface area contributed by atoms with Crippen LogP contribution in [0.2, 0.25) is 0 Å². The number of furan rings is 1. The zero-order valence-electron chi connectivity index (χ0n) is 10.5. The van der Waals surface area contributed by atoms with Crippen LogP contribution in [0, 0.1) is 5.82 Å². The first-order valence-corrected chi connectivity index (χ1v) is 7.79. The Balaban J connectivity index is 2.27. The van der Waals surface area contributed by atoms with E-state index in [1.807, 2.05) is 0 Å². The van der Waals surface area contributed by atoms with Gasteiger partial charge in [0.15, 0.2) is 4.67 Å². The fraction of sp³-hybridized carbons (Fsp3) is 0.167. The van der Waals surface area contributed by atoms with Gasteiger partial charge in [-0.1, -0.05) is 0 Å². The number of nitrogen functional groups attached to an aromatic ring is 1. The van der Waals surface area contributed by atoms with Gasteiger partial charge in [-0.15, -0.1) is 0 Å². The largest absolute Gasteiger partial charge is 0.453 e. The van der Waals surface area contributed by atoms with E-state index in [-0.39, 0.29) is 17.1 Å². The van der Waals surface area contributed by atoms with Crippen LogP contribution >= 0.6 is 15.9 Å². The molecule has 0 amide bonds. The molecule has 0 radical (unpaired) electrons. The van der Waals surface area contributed by atoms with Crippen LogP contribution in [0.1, 0.15) is 5.76 Å². The summed E-state index contributed by atoms with van der Waals surface area (Å²) in [7, 11) is -2.35. The van der Waals surface area contributed by atoms with Gasteiger partial charge < -0.3 is 10.2 Å². The zero-order chi connectivity index (χ0) is 14.9. The Labute approximate surface area is 124 Å². The van der Waals surface area contributed by atoms with E-state index < -0.39 is 15.8 Å². The van der Waals surface area contributed by atoms with Crippen LogP contribution in [0.4, 0.5) is 10.1 Å². The van der Waals surface area contributed by atoms with Crippen LogP contribution in [0.15, 0.2) is 44.3 Å². The quantitative estimate of drug-likeness (QED) is 0.848. The highest BCUT2D eigenvalue weighted by molar-refractivity contribution is 9.10. The molecule has 0 aliphatic rings. The fourth-order valence-corrected chi connectivity index (χ4v) is 3.12.